The first-order chi connectivity index (χ1) is 15.1. The van der Waals surface area contributed by atoms with Gasteiger partial charge in [0.1, 0.15) is 30.5 Å². The van der Waals surface area contributed by atoms with Gasteiger partial charge >= 0.3 is 13.7 Å². The highest BCUT2D eigenvalue weighted by Crippen LogP contribution is 2.56. The maximum absolute atomic E-state index is 13.2. The summed E-state index contributed by atoms with van der Waals surface area (Å²) in [4.78, 5) is 24.3. The minimum absolute atomic E-state index is 0.0469. The predicted molar refractivity (Wildman–Crippen MR) is 113 cm³/mol. The molecule has 5 atom stereocenters. The van der Waals surface area contributed by atoms with E-state index in [1.54, 1.807) is 18.4 Å². The molecule has 4 heterocycles. The molecule has 0 amide bonds. The van der Waals surface area contributed by atoms with Gasteiger partial charge < -0.3 is 15.2 Å². The number of esters is 1. The second-order valence-corrected chi connectivity index (χ2v) is 9.81. The van der Waals surface area contributed by atoms with E-state index in [9.17, 15) is 9.36 Å². The topological polar surface area (TPSA) is 153 Å². The van der Waals surface area contributed by atoms with Crippen molar-refractivity contribution in [3.63, 3.8) is 0 Å². The van der Waals surface area contributed by atoms with Crippen LogP contribution in [0.15, 0.2) is 6.33 Å². The van der Waals surface area contributed by atoms with Crippen LogP contribution in [0.1, 0.15) is 33.4 Å². The fourth-order valence-corrected chi connectivity index (χ4v) is 5.43. The van der Waals surface area contributed by atoms with Crippen molar-refractivity contribution in [3.05, 3.63) is 11.6 Å². The molecule has 2 aliphatic heterocycles. The van der Waals surface area contributed by atoms with Crippen molar-refractivity contribution in [2.45, 2.75) is 57.3 Å². The highest BCUT2D eigenvalue weighted by atomic mass is 35.5. The predicted octanol–water partition coefficient (Wildman–Crippen LogP) is 1.81. The van der Waals surface area contributed by atoms with Crippen molar-refractivity contribution in [3.8, 4) is 12.3 Å². The molecule has 172 valence electrons. The van der Waals surface area contributed by atoms with Crippen LogP contribution in [-0.4, -0.2) is 55.9 Å². The molecule has 2 fully saturated rings. The van der Waals surface area contributed by atoms with Crippen molar-refractivity contribution in [2.75, 3.05) is 12.3 Å². The van der Waals surface area contributed by atoms with E-state index in [1.807, 2.05) is 0 Å². The summed E-state index contributed by atoms with van der Waals surface area (Å²) in [7, 11) is -3.88. The van der Waals surface area contributed by atoms with Crippen LogP contribution in [-0.2, 0) is 27.9 Å². The smallest absolute Gasteiger partial charge is 0.406 e. The van der Waals surface area contributed by atoms with Gasteiger partial charge in [0, 0.05) is 6.42 Å². The van der Waals surface area contributed by atoms with E-state index >= 15 is 0 Å². The quantitative estimate of drug-likeness (QED) is 0.276. The molecule has 2 aromatic rings. The number of carbonyl (C=O) groups is 1. The molecular weight excluding hydrogens is 463 g/mol. The number of rotatable bonds is 5. The van der Waals surface area contributed by atoms with Gasteiger partial charge in [-0.25, -0.2) is 14.6 Å². The van der Waals surface area contributed by atoms with Crippen LogP contribution in [0.25, 0.3) is 11.2 Å². The maximum Gasteiger partial charge on any atom is 0.406 e. The van der Waals surface area contributed by atoms with E-state index < -0.39 is 37.7 Å². The molecule has 4 rings (SSSR count). The van der Waals surface area contributed by atoms with Crippen LogP contribution < -0.4 is 10.8 Å². The first kappa shape index (κ1) is 22.9. The molecule has 12 nitrogen and oxygen atoms in total. The highest BCUT2D eigenvalue weighted by molar-refractivity contribution is 7.51. The molecule has 14 heteroatoms. The number of hydrogen-bond acceptors (Lipinski definition) is 10. The number of anilines is 1. The first-order valence-corrected chi connectivity index (χ1v) is 11.7. The Hall–Kier alpha value is -2.26. The minimum atomic E-state index is -3.88. The standard InChI is InChI=1S/C18H22ClN6O6P/c1-5-18-7-28-32(27,24-10(4)16(26)29-9(2)3)31-11(18)6-12(30-18)25-8-21-13-14(20)22-17(19)23-15(13)25/h1,8-12H,6-7H2,2-4H3,(H,24,27)(H2,20,22,23)/t10-,11+,12+,18+,32?/m0/s1. The molecule has 1 unspecified atom stereocenters. The second kappa shape index (κ2) is 8.26. The summed E-state index contributed by atoms with van der Waals surface area (Å²) < 4.78 is 37.2. The molecule has 0 aliphatic carbocycles. The molecule has 0 saturated carbocycles. The number of terminal acetylenes is 1. The van der Waals surface area contributed by atoms with Crippen molar-refractivity contribution < 1.29 is 27.9 Å². The van der Waals surface area contributed by atoms with Gasteiger partial charge in [0.25, 0.3) is 0 Å². The number of imidazole rings is 1. The van der Waals surface area contributed by atoms with E-state index in [1.165, 1.54) is 13.3 Å². The van der Waals surface area contributed by atoms with Crippen LogP contribution in [0, 0.1) is 12.3 Å². The summed E-state index contributed by atoms with van der Waals surface area (Å²) >= 11 is 5.93. The Morgan fingerprint density at radius 3 is 2.94 bits per heavy atom. The van der Waals surface area contributed by atoms with E-state index in [2.05, 4.69) is 26.0 Å². The third-order valence-electron chi connectivity index (χ3n) is 5.03. The van der Waals surface area contributed by atoms with Gasteiger partial charge in [-0.15, -0.1) is 6.42 Å². The Morgan fingerprint density at radius 2 is 2.25 bits per heavy atom. The average Bonchev–Trinajstić information content (AvgIpc) is 3.28. The lowest BCUT2D eigenvalue weighted by molar-refractivity contribution is -0.149. The number of nitrogens with one attached hydrogen (secondary N) is 1. The van der Waals surface area contributed by atoms with Crippen LogP contribution in [0.3, 0.4) is 0 Å². The summed E-state index contributed by atoms with van der Waals surface area (Å²) in [5.74, 6) is 2.09. The molecule has 2 aromatic heterocycles. The lowest BCUT2D eigenvalue weighted by Gasteiger charge is -2.37. The third kappa shape index (κ3) is 4.08. The van der Waals surface area contributed by atoms with E-state index in [-0.39, 0.29) is 30.2 Å². The Balaban J connectivity index is 1.56. The first-order valence-electron chi connectivity index (χ1n) is 9.78. The lowest BCUT2D eigenvalue weighted by Crippen LogP contribution is -2.49. The third-order valence-corrected chi connectivity index (χ3v) is 6.90. The highest BCUT2D eigenvalue weighted by Gasteiger charge is 2.57. The summed E-state index contributed by atoms with van der Waals surface area (Å²) in [6.45, 7) is 4.71. The second-order valence-electron chi connectivity index (χ2n) is 7.75. The SMILES string of the molecule is C#C[C@@]12COP(=O)(N[C@@H](C)C(=O)OC(C)C)O[C@@H]1C[C@H](n1cnc3c(N)nc(Cl)nc31)O2. The normalized spacial score (nSPS) is 30.8. The fraction of sp³-hybridized carbons (Fsp3) is 0.556. The van der Waals surface area contributed by atoms with Crippen LogP contribution in [0.5, 0.6) is 0 Å². The van der Waals surface area contributed by atoms with Crippen molar-refractivity contribution in [1.82, 2.24) is 24.6 Å². The van der Waals surface area contributed by atoms with E-state index in [0.717, 1.165) is 0 Å². The monoisotopic (exact) mass is 484 g/mol. The molecule has 32 heavy (non-hydrogen) atoms. The Kier molecular flexibility index (Phi) is 5.92. The van der Waals surface area contributed by atoms with Gasteiger partial charge in [0.2, 0.25) is 5.28 Å². The number of halogens is 1. The zero-order chi connectivity index (χ0) is 23.3. The van der Waals surface area contributed by atoms with Gasteiger partial charge in [-0.05, 0) is 32.4 Å². The van der Waals surface area contributed by atoms with E-state index in [0.29, 0.717) is 11.2 Å². The number of aromatic nitrogens is 4. The summed E-state index contributed by atoms with van der Waals surface area (Å²) in [5.41, 5.74) is 5.26. The lowest BCUT2D eigenvalue weighted by atomic mass is 9.99. The zero-order valence-corrected chi connectivity index (χ0v) is 19.2. The van der Waals surface area contributed by atoms with Gasteiger partial charge in [-0.2, -0.15) is 9.97 Å². The number of fused-ring (bicyclic) bond motifs is 2. The van der Waals surface area contributed by atoms with Crippen molar-refractivity contribution in [2.24, 2.45) is 0 Å². The minimum Gasteiger partial charge on any atom is -0.462 e. The molecule has 0 spiro atoms. The Bertz CT molecular complexity index is 1150. The Labute approximate surface area is 188 Å². The summed E-state index contributed by atoms with van der Waals surface area (Å²) in [6, 6.07) is -0.931. The molecule has 0 aromatic carbocycles. The average molecular weight is 485 g/mol. The number of nitrogen functional groups attached to an aromatic ring is 1. The molecule has 0 radical (unpaired) electrons. The number of ether oxygens (including phenoxy) is 2. The summed E-state index contributed by atoms with van der Waals surface area (Å²) in [6.07, 6.45) is 5.62. The van der Waals surface area contributed by atoms with Crippen LogP contribution in [0.2, 0.25) is 5.28 Å². The Morgan fingerprint density at radius 1 is 1.50 bits per heavy atom. The fourth-order valence-electron chi connectivity index (χ4n) is 3.53. The number of hydrogen-bond donors (Lipinski definition) is 2. The molecule has 0 bridgehead atoms. The molecule has 2 saturated heterocycles. The maximum atomic E-state index is 13.2. The number of nitrogens with zero attached hydrogens (tertiary/aromatic N) is 4. The van der Waals surface area contributed by atoms with Gasteiger partial charge in [-0.1, -0.05) is 5.92 Å². The summed E-state index contributed by atoms with van der Waals surface area (Å²) in [5, 5.41) is 2.54. The largest absolute Gasteiger partial charge is 0.462 e. The van der Waals surface area contributed by atoms with Crippen molar-refractivity contribution >= 4 is 42.3 Å². The van der Waals surface area contributed by atoms with Crippen LogP contribution in [0.4, 0.5) is 5.82 Å². The van der Waals surface area contributed by atoms with Crippen LogP contribution >= 0.6 is 19.3 Å². The van der Waals surface area contributed by atoms with Gasteiger partial charge in [-0.3, -0.25) is 18.4 Å². The molecule has 2 aliphatic rings. The van der Waals surface area contributed by atoms with Crippen molar-refractivity contribution in [1.29, 1.82) is 0 Å². The van der Waals surface area contributed by atoms with Gasteiger partial charge in [0.05, 0.1) is 12.4 Å². The zero-order valence-electron chi connectivity index (χ0n) is 17.5. The van der Waals surface area contributed by atoms with Gasteiger partial charge in [0.15, 0.2) is 17.1 Å². The molecular formula is C18H22ClN6O6P. The van der Waals surface area contributed by atoms with E-state index in [4.69, 9.17) is 42.3 Å². The number of carbonyl (C=O) groups excluding carboxylic acids is 1. The molecule has 3 N–H and O–H groups in total. The number of nitrogens with two attached hydrogens (primary N) is 1.